The van der Waals surface area contributed by atoms with E-state index in [1.807, 2.05) is 6.07 Å². The first kappa shape index (κ1) is 20.9. The zero-order chi connectivity index (χ0) is 20.8. The number of carbonyl (C=O) groups is 2. The van der Waals surface area contributed by atoms with E-state index in [1.54, 1.807) is 18.2 Å². The van der Waals surface area contributed by atoms with E-state index in [2.05, 4.69) is 36.8 Å². The van der Waals surface area contributed by atoms with Gasteiger partial charge in [0.15, 0.2) is 4.34 Å². The van der Waals surface area contributed by atoms with Crippen LogP contribution in [0.3, 0.4) is 0 Å². The van der Waals surface area contributed by atoms with E-state index in [1.165, 1.54) is 36.0 Å². The largest absolute Gasteiger partial charge is 0.325 e. The van der Waals surface area contributed by atoms with Gasteiger partial charge in [0.2, 0.25) is 11.0 Å². The van der Waals surface area contributed by atoms with Crippen LogP contribution < -0.4 is 10.6 Å². The number of hydrogen-bond donors (Lipinski definition) is 2. The van der Waals surface area contributed by atoms with Gasteiger partial charge in [-0.25, -0.2) is 0 Å². The summed E-state index contributed by atoms with van der Waals surface area (Å²) in [5, 5.41) is 24.1. The van der Waals surface area contributed by atoms with E-state index in [4.69, 9.17) is 0 Å². The van der Waals surface area contributed by atoms with Gasteiger partial charge in [-0.2, -0.15) is 0 Å². The second-order valence-corrected chi connectivity index (χ2v) is 8.59. The molecule has 0 aliphatic carbocycles. The Morgan fingerprint density at radius 3 is 2.59 bits per heavy atom. The zero-order valence-electron chi connectivity index (χ0n) is 14.5. The van der Waals surface area contributed by atoms with E-state index >= 15 is 0 Å². The first-order chi connectivity index (χ1) is 13.9. The molecule has 0 saturated heterocycles. The monoisotopic (exact) mass is 493 g/mol. The Morgan fingerprint density at radius 1 is 1.14 bits per heavy atom. The van der Waals surface area contributed by atoms with Gasteiger partial charge in [-0.1, -0.05) is 45.1 Å². The molecule has 3 aromatic rings. The topological polar surface area (TPSA) is 127 Å². The molecule has 0 saturated carbocycles. The van der Waals surface area contributed by atoms with Crippen molar-refractivity contribution < 1.29 is 14.5 Å². The molecule has 0 radical (unpaired) electrons. The van der Waals surface area contributed by atoms with Gasteiger partial charge in [-0.15, -0.1) is 10.2 Å². The van der Waals surface area contributed by atoms with Crippen molar-refractivity contribution in [2.45, 2.75) is 4.34 Å². The SMILES string of the molecule is O=C(CSc1nnc(NC(=O)c2cccc(Br)c2)s1)Nc1ccc([N+](=O)[O-])cc1. The number of rotatable bonds is 7. The average molecular weight is 494 g/mol. The van der Waals surface area contributed by atoms with Crippen molar-refractivity contribution in [2.75, 3.05) is 16.4 Å². The third-order valence-electron chi connectivity index (χ3n) is 3.40. The first-order valence-electron chi connectivity index (χ1n) is 7.98. The molecule has 0 bridgehead atoms. The zero-order valence-corrected chi connectivity index (χ0v) is 17.7. The van der Waals surface area contributed by atoms with Crippen LogP contribution in [0.15, 0.2) is 57.3 Å². The van der Waals surface area contributed by atoms with E-state index in [-0.39, 0.29) is 23.3 Å². The third kappa shape index (κ3) is 6.07. The van der Waals surface area contributed by atoms with Crippen LogP contribution in [0.4, 0.5) is 16.5 Å². The van der Waals surface area contributed by atoms with Gasteiger partial charge < -0.3 is 5.32 Å². The number of aromatic nitrogens is 2. The lowest BCUT2D eigenvalue weighted by molar-refractivity contribution is -0.384. The summed E-state index contributed by atoms with van der Waals surface area (Å²) in [4.78, 5) is 34.4. The minimum atomic E-state index is -0.510. The lowest BCUT2D eigenvalue weighted by Gasteiger charge is -2.03. The number of nitrogens with one attached hydrogen (secondary N) is 2. The van der Waals surface area contributed by atoms with Gasteiger partial charge in [0.25, 0.3) is 11.6 Å². The maximum Gasteiger partial charge on any atom is 0.269 e. The molecule has 0 aliphatic heterocycles. The Hall–Kier alpha value is -2.83. The minimum absolute atomic E-state index is 0.0522. The second kappa shape index (κ2) is 9.58. The number of nitro benzene ring substituents is 1. The number of nitro groups is 1. The van der Waals surface area contributed by atoms with Crippen LogP contribution in [-0.4, -0.2) is 32.7 Å². The summed E-state index contributed by atoms with van der Waals surface area (Å²) < 4.78 is 1.31. The summed E-state index contributed by atoms with van der Waals surface area (Å²) in [5.74, 6) is -0.528. The molecule has 2 amide bonds. The quantitative estimate of drug-likeness (QED) is 0.218. The Balaban J connectivity index is 1.50. The highest BCUT2D eigenvalue weighted by Gasteiger charge is 2.12. The second-order valence-electron chi connectivity index (χ2n) is 5.48. The van der Waals surface area contributed by atoms with Crippen LogP contribution in [0.5, 0.6) is 0 Å². The standard InChI is InChI=1S/C17H12BrN5O4S2/c18-11-3-1-2-10(8-11)15(25)20-16-21-22-17(29-16)28-9-14(24)19-12-4-6-13(7-5-12)23(26)27/h1-8H,9H2,(H,19,24)(H,20,21,25). The molecular weight excluding hydrogens is 482 g/mol. The fraction of sp³-hybridized carbons (Fsp3) is 0.0588. The molecule has 1 heterocycles. The molecule has 9 nitrogen and oxygen atoms in total. The summed E-state index contributed by atoms with van der Waals surface area (Å²) in [7, 11) is 0. The van der Waals surface area contributed by atoms with Crippen LogP contribution in [-0.2, 0) is 4.79 Å². The number of hydrogen-bond acceptors (Lipinski definition) is 8. The van der Waals surface area contributed by atoms with E-state index < -0.39 is 4.92 Å². The number of nitrogens with zero attached hydrogens (tertiary/aromatic N) is 3. The maximum absolute atomic E-state index is 12.2. The first-order valence-corrected chi connectivity index (χ1v) is 10.6. The fourth-order valence-corrected chi connectivity index (χ4v) is 4.05. The predicted octanol–water partition coefficient (Wildman–Crippen LogP) is 4.19. The van der Waals surface area contributed by atoms with Gasteiger partial charge in [-0.05, 0) is 30.3 Å². The molecule has 0 unspecified atom stereocenters. The number of benzene rings is 2. The number of anilines is 2. The van der Waals surface area contributed by atoms with Crippen LogP contribution in [0, 0.1) is 10.1 Å². The van der Waals surface area contributed by atoms with Gasteiger partial charge in [0.1, 0.15) is 0 Å². The van der Waals surface area contributed by atoms with Crippen LogP contribution >= 0.6 is 39.0 Å². The summed E-state index contributed by atoms with van der Waals surface area (Å²) in [5.41, 5.74) is 0.885. The highest BCUT2D eigenvalue weighted by atomic mass is 79.9. The molecule has 1 aromatic heterocycles. The van der Waals surface area contributed by atoms with Crippen molar-refractivity contribution >= 4 is 67.3 Å². The van der Waals surface area contributed by atoms with Gasteiger partial charge in [-0.3, -0.25) is 25.0 Å². The molecule has 2 N–H and O–H groups in total. The number of halogens is 1. The predicted molar refractivity (Wildman–Crippen MR) is 114 cm³/mol. The van der Waals surface area contributed by atoms with Gasteiger partial charge >= 0.3 is 0 Å². The average Bonchev–Trinajstić information content (AvgIpc) is 3.14. The Bertz CT molecular complexity index is 1060. The number of non-ortho nitro benzene ring substituents is 1. The number of amides is 2. The van der Waals surface area contributed by atoms with Crippen LogP contribution in [0.2, 0.25) is 0 Å². The molecule has 29 heavy (non-hydrogen) atoms. The van der Waals surface area contributed by atoms with Crippen molar-refractivity contribution in [1.82, 2.24) is 10.2 Å². The summed E-state index contributed by atoms with van der Waals surface area (Å²) in [6, 6.07) is 12.5. The van der Waals surface area contributed by atoms with Gasteiger partial charge in [0.05, 0.1) is 10.7 Å². The Morgan fingerprint density at radius 2 is 1.90 bits per heavy atom. The smallest absolute Gasteiger partial charge is 0.269 e. The minimum Gasteiger partial charge on any atom is -0.325 e. The molecule has 0 fully saturated rings. The lowest BCUT2D eigenvalue weighted by Crippen LogP contribution is -2.13. The molecule has 148 valence electrons. The van der Waals surface area contributed by atoms with Crippen molar-refractivity contribution in [3.05, 3.63) is 68.7 Å². The molecule has 0 spiro atoms. The molecular formula is C17H12BrN5O4S2. The van der Waals surface area contributed by atoms with E-state index in [0.29, 0.717) is 20.7 Å². The maximum atomic E-state index is 12.2. The molecule has 2 aromatic carbocycles. The molecule has 0 aliphatic rings. The van der Waals surface area contributed by atoms with Crippen LogP contribution in [0.1, 0.15) is 10.4 Å². The Kier molecular flexibility index (Phi) is 6.90. The van der Waals surface area contributed by atoms with Crippen molar-refractivity contribution in [3.8, 4) is 0 Å². The third-order valence-corrected chi connectivity index (χ3v) is 5.87. The molecule has 3 rings (SSSR count). The highest BCUT2D eigenvalue weighted by molar-refractivity contribution is 9.10. The summed E-state index contributed by atoms with van der Waals surface area (Å²) >= 11 is 5.63. The molecule has 0 atom stereocenters. The van der Waals surface area contributed by atoms with Gasteiger partial charge in [0, 0.05) is 27.9 Å². The summed E-state index contributed by atoms with van der Waals surface area (Å²) in [6.07, 6.45) is 0. The normalized spacial score (nSPS) is 10.4. The fourth-order valence-electron chi connectivity index (χ4n) is 2.11. The highest BCUT2D eigenvalue weighted by Crippen LogP contribution is 2.26. The van der Waals surface area contributed by atoms with Crippen LogP contribution in [0.25, 0.3) is 0 Å². The van der Waals surface area contributed by atoms with Crippen molar-refractivity contribution in [3.63, 3.8) is 0 Å². The number of thioether (sulfide) groups is 1. The number of carbonyl (C=O) groups excluding carboxylic acids is 2. The van der Waals surface area contributed by atoms with Crippen molar-refractivity contribution in [1.29, 1.82) is 0 Å². The van der Waals surface area contributed by atoms with E-state index in [9.17, 15) is 19.7 Å². The molecule has 12 heteroatoms. The lowest BCUT2D eigenvalue weighted by atomic mass is 10.2. The van der Waals surface area contributed by atoms with E-state index in [0.717, 1.165) is 15.8 Å². The Labute approximate surface area is 181 Å². The summed E-state index contributed by atoms with van der Waals surface area (Å²) in [6.45, 7) is 0. The van der Waals surface area contributed by atoms with Crippen molar-refractivity contribution in [2.24, 2.45) is 0 Å².